The first-order chi connectivity index (χ1) is 13.8. The number of benzene rings is 3. The molecule has 0 saturated carbocycles. The minimum atomic E-state index is -3.78. The highest BCUT2D eigenvalue weighted by molar-refractivity contribution is 7.89. The van der Waals surface area contributed by atoms with Gasteiger partial charge in [0.05, 0.1) is 21.8 Å². The van der Waals surface area contributed by atoms with E-state index in [1.54, 1.807) is 56.4 Å². The minimum Gasteiger partial charge on any atom is -0.298 e. The molecule has 0 aliphatic heterocycles. The highest BCUT2D eigenvalue weighted by Gasteiger charge is 2.29. The van der Waals surface area contributed by atoms with Crippen LogP contribution in [0.25, 0.3) is 21.7 Å². The lowest BCUT2D eigenvalue weighted by Crippen LogP contribution is -2.34. The van der Waals surface area contributed by atoms with Crippen LogP contribution in [0.1, 0.15) is 18.8 Å². The van der Waals surface area contributed by atoms with Crippen molar-refractivity contribution in [3.05, 3.63) is 82.9 Å². The van der Waals surface area contributed by atoms with Crippen LogP contribution in [-0.2, 0) is 17.1 Å². The number of sulfonamides is 1. The van der Waals surface area contributed by atoms with Crippen molar-refractivity contribution in [2.24, 2.45) is 7.05 Å². The summed E-state index contributed by atoms with van der Waals surface area (Å²) in [6.07, 6.45) is 0. The van der Waals surface area contributed by atoms with Gasteiger partial charge in [0, 0.05) is 14.1 Å². The number of para-hydroxylation sites is 1. The van der Waals surface area contributed by atoms with Crippen LogP contribution in [-0.4, -0.2) is 29.3 Å². The quantitative estimate of drug-likeness (QED) is 0.519. The maximum Gasteiger partial charge on any atom is 0.261 e. The van der Waals surface area contributed by atoms with E-state index in [1.165, 1.54) is 15.9 Å². The van der Waals surface area contributed by atoms with Gasteiger partial charge in [0.2, 0.25) is 10.0 Å². The van der Waals surface area contributed by atoms with Gasteiger partial charge in [-0.25, -0.2) is 13.4 Å². The Bertz CT molecular complexity index is 1390. The highest BCUT2D eigenvalue weighted by Crippen LogP contribution is 2.27. The Morgan fingerprint density at radius 3 is 2.38 bits per heavy atom. The molecule has 0 fully saturated rings. The van der Waals surface area contributed by atoms with Crippen LogP contribution < -0.4 is 5.56 Å². The Labute approximate surface area is 169 Å². The number of nitrogens with zero attached hydrogens (tertiary/aromatic N) is 3. The van der Waals surface area contributed by atoms with Gasteiger partial charge in [-0.05, 0) is 42.0 Å². The summed E-state index contributed by atoms with van der Waals surface area (Å²) < 4.78 is 29.2. The molecule has 4 rings (SSSR count). The van der Waals surface area contributed by atoms with Crippen molar-refractivity contribution in [3.8, 4) is 0 Å². The standard InChI is InChI=1S/C22H21N3O3S/c1-15(21-23-20-11-7-6-10-19(20)22(26)24(21)2)25(3)29(27,28)18-13-12-16-8-4-5-9-17(16)14-18/h4-15H,1-3H3. The first-order valence-corrected chi connectivity index (χ1v) is 10.7. The van der Waals surface area contributed by atoms with E-state index in [4.69, 9.17) is 0 Å². The molecule has 0 aliphatic carbocycles. The Balaban J connectivity index is 1.78. The van der Waals surface area contributed by atoms with E-state index in [2.05, 4.69) is 4.98 Å². The van der Waals surface area contributed by atoms with Gasteiger partial charge in [-0.3, -0.25) is 9.36 Å². The van der Waals surface area contributed by atoms with Crippen molar-refractivity contribution >= 4 is 31.7 Å². The van der Waals surface area contributed by atoms with Crippen LogP contribution in [0.2, 0.25) is 0 Å². The molecule has 0 N–H and O–H groups in total. The Morgan fingerprint density at radius 1 is 0.966 bits per heavy atom. The van der Waals surface area contributed by atoms with Gasteiger partial charge in [-0.2, -0.15) is 4.31 Å². The summed E-state index contributed by atoms with van der Waals surface area (Å²) in [6, 6.07) is 19.1. The maximum absolute atomic E-state index is 13.3. The second kappa shape index (κ2) is 7.09. The molecule has 1 atom stereocenters. The lowest BCUT2D eigenvalue weighted by Gasteiger charge is -2.25. The molecule has 3 aromatic carbocycles. The first kappa shape index (κ1) is 19.3. The molecule has 0 aliphatic rings. The Hall–Kier alpha value is -3.03. The van der Waals surface area contributed by atoms with Gasteiger partial charge in [-0.1, -0.05) is 42.5 Å². The molecule has 0 bridgehead atoms. The fraction of sp³-hybridized carbons (Fsp3) is 0.182. The van der Waals surface area contributed by atoms with E-state index in [0.717, 1.165) is 10.8 Å². The number of rotatable bonds is 4. The van der Waals surface area contributed by atoms with E-state index in [0.29, 0.717) is 16.7 Å². The molecular weight excluding hydrogens is 386 g/mol. The summed E-state index contributed by atoms with van der Waals surface area (Å²) in [6.45, 7) is 1.73. The molecule has 1 unspecified atom stereocenters. The fourth-order valence-electron chi connectivity index (χ4n) is 3.47. The predicted molar refractivity (Wildman–Crippen MR) is 114 cm³/mol. The summed E-state index contributed by atoms with van der Waals surface area (Å²) in [5.41, 5.74) is 0.350. The van der Waals surface area contributed by atoms with Gasteiger partial charge in [-0.15, -0.1) is 0 Å². The van der Waals surface area contributed by atoms with Gasteiger partial charge in [0.1, 0.15) is 5.82 Å². The lowest BCUT2D eigenvalue weighted by atomic mass is 10.1. The van der Waals surface area contributed by atoms with Crippen LogP contribution in [0.4, 0.5) is 0 Å². The summed E-state index contributed by atoms with van der Waals surface area (Å²) in [5, 5.41) is 2.33. The van der Waals surface area contributed by atoms with Crippen molar-refractivity contribution in [1.29, 1.82) is 0 Å². The topological polar surface area (TPSA) is 72.3 Å². The SMILES string of the molecule is CC(c1nc2ccccc2c(=O)n1C)N(C)S(=O)(=O)c1ccc2ccccc2c1. The number of aromatic nitrogens is 2. The Morgan fingerprint density at radius 2 is 1.62 bits per heavy atom. The molecule has 1 aromatic heterocycles. The molecule has 29 heavy (non-hydrogen) atoms. The predicted octanol–water partition coefficient (Wildman–Crippen LogP) is 3.47. The molecule has 4 aromatic rings. The van der Waals surface area contributed by atoms with Gasteiger partial charge >= 0.3 is 0 Å². The largest absolute Gasteiger partial charge is 0.298 e. The third kappa shape index (κ3) is 3.22. The lowest BCUT2D eigenvalue weighted by molar-refractivity contribution is 0.375. The van der Waals surface area contributed by atoms with E-state index >= 15 is 0 Å². The molecule has 0 spiro atoms. The monoisotopic (exact) mass is 407 g/mol. The molecule has 7 heteroatoms. The number of hydrogen-bond donors (Lipinski definition) is 0. The molecule has 6 nitrogen and oxygen atoms in total. The number of hydrogen-bond acceptors (Lipinski definition) is 4. The second-order valence-electron chi connectivity index (χ2n) is 7.06. The van der Waals surface area contributed by atoms with Gasteiger partial charge in [0.25, 0.3) is 5.56 Å². The summed E-state index contributed by atoms with van der Waals surface area (Å²) >= 11 is 0. The normalized spacial score (nSPS) is 13.2. The molecular formula is C22H21N3O3S. The van der Waals surface area contributed by atoms with Gasteiger partial charge in [0.15, 0.2) is 0 Å². The van der Waals surface area contributed by atoms with Crippen LogP contribution in [0, 0.1) is 0 Å². The van der Waals surface area contributed by atoms with Crippen LogP contribution in [0.3, 0.4) is 0 Å². The second-order valence-corrected chi connectivity index (χ2v) is 9.06. The summed E-state index contributed by atoms with van der Waals surface area (Å²) in [7, 11) is -0.657. The number of fused-ring (bicyclic) bond motifs is 2. The molecule has 0 amide bonds. The molecule has 1 heterocycles. The fourth-order valence-corrected chi connectivity index (χ4v) is 4.83. The highest BCUT2D eigenvalue weighted by atomic mass is 32.2. The summed E-state index contributed by atoms with van der Waals surface area (Å²) in [4.78, 5) is 17.5. The van der Waals surface area contributed by atoms with Crippen molar-refractivity contribution in [1.82, 2.24) is 13.9 Å². The van der Waals surface area contributed by atoms with E-state index < -0.39 is 16.1 Å². The molecule has 0 saturated heterocycles. The van der Waals surface area contributed by atoms with Crippen LogP contribution in [0.15, 0.2) is 76.4 Å². The average Bonchev–Trinajstić information content (AvgIpc) is 2.74. The van der Waals surface area contributed by atoms with E-state index in [-0.39, 0.29) is 10.5 Å². The third-order valence-electron chi connectivity index (χ3n) is 5.33. The average molecular weight is 407 g/mol. The molecule has 0 radical (unpaired) electrons. The van der Waals surface area contributed by atoms with E-state index in [9.17, 15) is 13.2 Å². The summed E-state index contributed by atoms with van der Waals surface area (Å²) in [5.74, 6) is 0.389. The van der Waals surface area contributed by atoms with Crippen LogP contribution >= 0.6 is 0 Å². The molecule has 148 valence electrons. The van der Waals surface area contributed by atoms with Crippen molar-refractivity contribution < 1.29 is 8.42 Å². The van der Waals surface area contributed by atoms with E-state index in [1.807, 2.05) is 24.3 Å². The Kier molecular flexibility index (Phi) is 4.72. The third-order valence-corrected chi connectivity index (χ3v) is 7.26. The minimum absolute atomic E-state index is 0.200. The first-order valence-electron chi connectivity index (χ1n) is 9.23. The van der Waals surface area contributed by atoms with Crippen molar-refractivity contribution in [2.75, 3.05) is 7.05 Å². The zero-order valence-corrected chi connectivity index (χ0v) is 17.2. The zero-order chi connectivity index (χ0) is 20.8. The van der Waals surface area contributed by atoms with Crippen molar-refractivity contribution in [3.63, 3.8) is 0 Å². The van der Waals surface area contributed by atoms with Gasteiger partial charge < -0.3 is 0 Å². The zero-order valence-electron chi connectivity index (χ0n) is 16.4. The maximum atomic E-state index is 13.3. The van der Waals surface area contributed by atoms with Crippen LogP contribution in [0.5, 0.6) is 0 Å². The van der Waals surface area contributed by atoms with Crippen molar-refractivity contribution in [2.45, 2.75) is 17.9 Å². The smallest absolute Gasteiger partial charge is 0.261 e.